The van der Waals surface area contributed by atoms with Crippen LogP contribution < -0.4 is 0 Å². The Kier molecular flexibility index (Phi) is 3.29. The molecule has 0 bridgehead atoms. The van der Waals surface area contributed by atoms with Gasteiger partial charge in [-0.2, -0.15) is 0 Å². The number of nitrogens with zero attached hydrogens (tertiary/aromatic N) is 1. The van der Waals surface area contributed by atoms with Gasteiger partial charge in [-0.25, -0.2) is 0 Å². The molecule has 2 aromatic carbocycles. The van der Waals surface area contributed by atoms with E-state index in [1.165, 1.54) is 0 Å². The van der Waals surface area contributed by atoms with Crippen molar-refractivity contribution in [2.75, 3.05) is 6.61 Å². The average molecular weight is 253 g/mol. The lowest BCUT2D eigenvalue weighted by atomic mass is 9.89. The van der Waals surface area contributed by atoms with Gasteiger partial charge in [-0.15, -0.1) is 0 Å². The van der Waals surface area contributed by atoms with Crippen LogP contribution in [0.3, 0.4) is 0 Å². The minimum absolute atomic E-state index is 0.0211. The van der Waals surface area contributed by atoms with Crippen LogP contribution in [0.1, 0.15) is 17.2 Å². The Balaban J connectivity index is 1.90. The molecule has 0 aliphatic carbocycles. The minimum Gasteiger partial charge on any atom is -0.396 e. The summed E-state index contributed by atoms with van der Waals surface area (Å²) in [5.41, 5.74) is 2.85. The summed E-state index contributed by atoms with van der Waals surface area (Å²) in [5, 5.41) is 13.8. The second-order valence-corrected chi connectivity index (χ2v) is 4.57. The molecule has 0 radical (unpaired) electrons. The molecule has 1 N–H and O–H groups in total. The molecule has 0 spiro atoms. The van der Waals surface area contributed by atoms with E-state index in [0.717, 1.165) is 16.8 Å². The van der Waals surface area contributed by atoms with Gasteiger partial charge in [-0.3, -0.25) is 0 Å². The normalized spacial score (nSPS) is 21.8. The molecule has 2 atom stereocenters. The zero-order valence-electron chi connectivity index (χ0n) is 10.4. The molecule has 19 heavy (non-hydrogen) atoms. The molecule has 0 saturated heterocycles. The van der Waals surface area contributed by atoms with Crippen molar-refractivity contribution in [3.8, 4) is 0 Å². The molecule has 1 aliphatic heterocycles. The van der Waals surface area contributed by atoms with Gasteiger partial charge in [0.2, 0.25) is 0 Å². The molecule has 0 unspecified atom stereocenters. The van der Waals surface area contributed by atoms with Crippen molar-refractivity contribution in [2.45, 2.75) is 6.10 Å². The third-order valence-corrected chi connectivity index (χ3v) is 3.38. The molecule has 3 rings (SSSR count). The summed E-state index contributed by atoms with van der Waals surface area (Å²) in [4.78, 5) is 5.54. The number of hydrogen-bond donors (Lipinski definition) is 1. The molecule has 1 aliphatic rings. The van der Waals surface area contributed by atoms with Gasteiger partial charge in [0.25, 0.3) is 0 Å². The molecule has 0 amide bonds. The van der Waals surface area contributed by atoms with Crippen LogP contribution in [0, 0.1) is 5.92 Å². The van der Waals surface area contributed by atoms with E-state index in [-0.39, 0.29) is 18.6 Å². The molecule has 2 aromatic rings. The Hall–Kier alpha value is -2.13. The summed E-state index contributed by atoms with van der Waals surface area (Å²) in [6.45, 7) is 0.0211. The van der Waals surface area contributed by atoms with Crippen molar-refractivity contribution in [1.29, 1.82) is 0 Å². The van der Waals surface area contributed by atoms with E-state index in [9.17, 15) is 5.11 Å². The van der Waals surface area contributed by atoms with Crippen molar-refractivity contribution in [3.63, 3.8) is 0 Å². The Morgan fingerprint density at radius 1 is 0.947 bits per heavy atom. The van der Waals surface area contributed by atoms with Gasteiger partial charge < -0.3 is 9.94 Å². The Morgan fingerprint density at radius 2 is 1.58 bits per heavy atom. The van der Waals surface area contributed by atoms with Crippen molar-refractivity contribution in [2.24, 2.45) is 11.1 Å². The van der Waals surface area contributed by atoms with Crippen LogP contribution in [-0.2, 0) is 4.84 Å². The third kappa shape index (κ3) is 2.25. The van der Waals surface area contributed by atoms with Crippen LogP contribution in [0.25, 0.3) is 0 Å². The summed E-state index contributed by atoms with van der Waals surface area (Å²) >= 11 is 0. The number of benzene rings is 2. The van der Waals surface area contributed by atoms with Crippen LogP contribution in [0.5, 0.6) is 0 Å². The van der Waals surface area contributed by atoms with E-state index in [4.69, 9.17) is 4.84 Å². The number of aliphatic hydroxyl groups is 1. The van der Waals surface area contributed by atoms with E-state index in [2.05, 4.69) is 5.16 Å². The first-order valence-electron chi connectivity index (χ1n) is 6.35. The van der Waals surface area contributed by atoms with Gasteiger partial charge in [0.15, 0.2) is 6.10 Å². The average Bonchev–Trinajstić information content (AvgIpc) is 2.93. The van der Waals surface area contributed by atoms with Crippen molar-refractivity contribution in [1.82, 2.24) is 0 Å². The number of aliphatic hydroxyl groups excluding tert-OH is 1. The highest BCUT2D eigenvalue weighted by Crippen LogP contribution is 2.34. The van der Waals surface area contributed by atoms with Gasteiger partial charge in [-0.1, -0.05) is 65.8 Å². The topological polar surface area (TPSA) is 41.8 Å². The molecular formula is C16H15NO2. The maximum atomic E-state index is 9.67. The Labute approximate surface area is 112 Å². The summed E-state index contributed by atoms with van der Waals surface area (Å²) in [7, 11) is 0. The van der Waals surface area contributed by atoms with Gasteiger partial charge >= 0.3 is 0 Å². The van der Waals surface area contributed by atoms with E-state index in [1.54, 1.807) is 0 Å². The first kappa shape index (κ1) is 11.9. The summed E-state index contributed by atoms with van der Waals surface area (Å²) in [6.07, 6.45) is -0.207. The maximum absolute atomic E-state index is 9.67. The summed E-state index contributed by atoms with van der Waals surface area (Å²) in [6, 6.07) is 19.7. The quantitative estimate of drug-likeness (QED) is 0.913. The lowest BCUT2D eigenvalue weighted by Crippen LogP contribution is -2.21. The standard InChI is InChI=1S/C16H15NO2/c18-11-14-15(12-7-3-1-4-8-12)17-19-16(14)13-9-5-2-6-10-13/h1-10,14,16,18H,11H2/t14-,16+/m0/s1. The number of oxime groups is 1. The zero-order chi connectivity index (χ0) is 13.1. The Bertz CT molecular complexity index is 566. The monoisotopic (exact) mass is 253 g/mol. The predicted molar refractivity (Wildman–Crippen MR) is 73.8 cm³/mol. The molecule has 0 fully saturated rings. The number of rotatable bonds is 3. The lowest BCUT2D eigenvalue weighted by Gasteiger charge is -2.16. The van der Waals surface area contributed by atoms with Crippen LogP contribution in [-0.4, -0.2) is 17.4 Å². The zero-order valence-corrected chi connectivity index (χ0v) is 10.4. The lowest BCUT2D eigenvalue weighted by molar-refractivity contribution is 0.0455. The fourth-order valence-electron chi connectivity index (χ4n) is 2.39. The van der Waals surface area contributed by atoms with Gasteiger partial charge in [0.1, 0.15) is 0 Å². The van der Waals surface area contributed by atoms with E-state index < -0.39 is 0 Å². The van der Waals surface area contributed by atoms with Gasteiger partial charge in [-0.05, 0) is 11.1 Å². The Morgan fingerprint density at radius 3 is 2.21 bits per heavy atom. The van der Waals surface area contributed by atoms with Gasteiger partial charge in [0.05, 0.1) is 18.2 Å². The number of hydrogen-bond acceptors (Lipinski definition) is 3. The fraction of sp³-hybridized carbons (Fsp3) is 0.188. The van der Waals surface area contributed by atoms with E-state index in [1.807, 2.05) is 60.7 Å². The molecule has 3 nitrogen and oxygen atoms in total. The van der Waals surface area contributed by atoms with Gasteiger partial charge in [0, 0.05) is 0 Å². The minimum atomic E-state index is -0.207. The van der Waals surface area contributed by atoms with E-state index in [0.29, 0.717) is 0 Å². The van der Waals surface area contributed by atoms with Crippen molar-refractivity contribution in [3.05, 3.63) is 71.8 Å². The second kappa shape index (κ2) is 5.24. The fourth-order valence-corrected chi connectivity index (χ4v) is 2.39. The summed E-state index contributed by atoms with van der Waals surface area (Å²) in [5.74, 6) is -0.121. The maximum Gasteiger partial charge on any atom is 0.163 e. The third-order valence-electron chi connectivity index (χ3n) is 3.38. The first-order chi connectivity index (χ1) is 9.40. The molecule has 3 heteroatoms. The summed E-state index contributed by atoms with van der Waals surface area (Å²) < 4.78 is 0. The van der Waals surface area contributed by atoms with Crippen molar-refractivity contribution < 1.29 is 9.94 Å². The van der Waals surface area contributed by atoms with Crippen LogP contribution in [0.2, 0.25) is 0 Å². The van der Waals surface area contributed by atoms with Crippen LogP contribution in [0.15, 0.2) is 65.8 Å². The highest BCUT2D eigenvalue weighted by Gasteiger charge is 2.35. The van der Waals surface area contributed by atoms with Crippen molar-refractivity contribution >= 4 is 5.71 Å². The highest BCUT2D eigenvalue weighted by molar-refractivity contribution is 6.03. The molecule has 0 saturated carbocycles. The predicted octanol–water partition coefficient (Wildman–Crippen LogP) is 2.77. The van der Waals surface area contributed by atoms with Crippen LogP contribution in [0.4, 0.5) is 0 Å². The molecule has 0 aromatic heterocycles. The first-order valence-corrected chi connectivity index (χ1v) is 6.35. The van der Waals surface area contributed by atoms with Crippen LogP contribution >= 0.6 is 0 Å². The second-order valence-electron chi connectivity index (χ2n) is 4.57. The smallest absolute Gasteiger partial charge is 0.163 e. The molecule has 96 valence electrons. The largest absolute Gasteiger partial charge is 0.396 e. The molecule has 1 heterocycles. The molecular weight excluding hydrogens is 238 g/mol. The van der Waals surface area contributed by atoms with E-state index >= 15 is 0 Å². The SMILES string of the molecule is OC[C@H]1C(c2ccccc2)=NO[C@@H]1c1ccccc1. The highest BCUT2D eigenvalue weighted by atomic mass is 16.6.